The minimum Gasteiger partial charge on any atom is -0.468 e. The van der Waals surface area contributed by atoms with E-state index in [-0.39, 0.29) is 5.97 Å². The number of carbonyl (C=O) groups excluding carboxylic acids is 1. The van der Waals surface area contributed by atoms with Crippen LogP contribution in [-0.4, -0.2) is 60.1 Å². The molecule has 0 unspecified atom stereocenters. The molecule has 2 aliphatic rings. The highest BCUT2D eigenvalue weighted by molar-refractivity contribution is 7.09. The van der Waals surface area contributed by atoms with Crippen molar-refractivity contribution in [1.29, 1.82) is 0 Å². The molecule has 7 heteroatoms. The van der Waals surface area contributed by atoms with Crippen LogP contribution in [0, 0.1) is 0 Å². The molecule has 0 bridgehead atoms. The fraction of sp³-hybridized carbons (Fsp3) is 0.750. The number of anilines is 1. The zero-order valence-electron chi connectivity index (χ0n) is 11.0. The van der Waals surface area contributed by atoms with E-state index in [0.717, 1.165) is 37.1 Å². The SMILES string of the molecule is COC(=O)CN1CCN(c2nc(C3CC3)ns2)CC1. The number of piperazine rings is 1. The zero-order chi connectivity index (χ0) is 13.2. The van der Waals surface area contributed by atoms with Gasteiger partial charge in [-0.05, 0) is 12.8 Å². The number of esters is 1. The number of hydrogen-bond donors (Lipinski definition) is 0. The van der Waals surface area contributed by atoms with Gasteiger partial charge in [0.25, 0.3) is 0 Å². The Kier molecular flexibility index (Phi) is 3.65. The molecular formula is C12H18N4O2S. The van der Waals surface area contributed by atoms with Crippen LogP contribution < -0.4 is 4.90 Å². The Morgan fingerprint density at radius 2 is 2.11 bits per heavy atom. The van der Waals surface area contributed by atoms with E-state index in [4.69, 9.17) is 0 Å². The first kappa shape index (κ1) is 12.8. The largest absolute Gasteiger partial charge is 0.468 e. The van der Waals surface area contributed by atoms with Crippen LogP contribution in [0.2, 0.25) is 0 Å². The maximum absolute atomic E-state index is 11.2. The second-order valence-corrected chi connectivity index (χ2v) is 5.78. The van der Waals surface area contributed by atoms with E-state index in [9.17, 15) is 4.79 Å². The Balaban J connectivity index is 1.52. The fourth-order valence-corrected chi connectivity index (χ4v) is 3.00. The van der Waals surface area contributed by atoms with Gasteiger partial charge in [0, 0.05) is 43.6 Å². The molecule has 1 aliphatic heterocycles. The summed E-state index contributed by atoms with van der Waals surface area (Å²) in [4.78, 5) is 20.2. The molecule has 6 nitrogen and oxygen atoms in total. The molecule has 1 aromatic rings. The summed E-state index contributed by atoms with van der Waals surface area (Å²) in [7, 11) is 1.43. The van der Waals surface area contributed by atoms with Crippen molar-refractivity contribution in [2.24, 2.45) is 0 Å². The van der Waals surface area contributed by atoms with Crippen LogP contribution in [0.5, 0.6) is 0 Å². The van der Waals surface area contributed by atoms with Gasteiger partial charge in [-0.2, -0.15) is 4.37 Å². The Morgan fingerprint density at radius 1 is 1.37 bits per heavy atom. The summed E-state index contributed by atoms with van der Waals surface area (Å²) in [6.45, 7) is 3.92. The normalized spacial score (nSPS) is 20.6. The second-order valence-electron chi connectivity index (χ2n) is 5.05. The third-order valence-corrected chi connectivity index (χ3v) is 4.39. The van der Waals surface area contributed by atoms with Gasteiger partial charge in [0.2, 0.25) is 5.13 Å². The lowest BCUT2D eigenvalue weighted by Crippen LogP contribution is -2.48. The average Bonchev–Trinajstić information content (AvgIpc) is 3.17. The summed E-state index contributed by atoms with van der Waals surface area (Å²) in [5.74, 6) is 1.47. The minimum atomic E-state index is -0.166. The Hall–Kier alpha value is -1.21. The summed E-state index contributed by atoms with van der Waals surface area (Å²) >= 11 is 1.50. The molecule has 104 valence electrons. The minimum absolute atomic E-state index is 0.166. The Morgan fingerprint density at radius 3 is 2.74 bits per heavy atom. The highest BCUT2D eigenvalue weighted by Gasteiger charge is 2.29. The molecule has 0 aromatic carbocycles. The predicted molar refractivity (Wildman–Crippen MR) is 72.6 cm³/mol. The summed E-state index contributed by atoms with van der Waals surface area (Å²) in [6, 6.07) is 0. The third kappa shape index (κ3) is 3.03. The van der Waals surface area contributed by atoms with E-state index in [1.807, 2.05) is 0 Å². The summed E-state index contributed by atoms with van der Waals surface area (Å²) in [5.41, 5.74) is 0. The number of carbonyl (C=O) groups is 1. The van der Waals surface area contributed by atoms with E-state index in [1.165, 1.54) is 31.5 Å². The molecule has 1 saturated heterocycles. The van der Waals surface area contributed by atoms with E-state index in [0.29, 0.717) is 12.5 Å². The van der Waals surface area contributed by atoms with Gasteiger partial charge in [-0.15, -0.1) is 0 Å². The summed E-state index contributed by atoms with van der Waals surface area (Å²) in [6.07, 6.45) is 2.48. The molecule has 0 atom stereocenters. The quantitative estimate of drug-likeness (QED) is 0.758. The molecule has 0 N–H and O–H groups in total. The van der Waals surface area contributed by atoms with Gasteiger partial charge in [-0.1, -0.05) is 0 Å². The van der Waals surface area contributed by atoms with Crippen molar-refractivity contribution < 1.29 is 9.53 Å². The lowest BCUT2D eigenvalue weighted by atomic mass is 10.3. The number of ether oxygens (including phenoxy) is 1. The first-order chi connectivity index (χ1) is 9.26. The molecule has 0 amide bonds. The van der Waals surface area contributed by atoms with Crippen molar-refractivity contribution in [2.75, 3.05) is 44.7 Å². The fourth-order valence-electron chi connectivity index (χ4n) is 2.21. The van der Waals surface area contributed by atoms with Crippen molar-refractivity contribution in [3.63, 3.8) is 0 Å². The molecule has 2 fully saturated rings. The zero-order valence-corrected chi connectivity index (χ0v) is 11.9. The molecular weight excluding hydrogens is 264 g/mol. The van der Waals surface area contributed by atoms with Gasteiger partial charge < -0.3 is 9.64 Å². The highest BCUT2D eigenvalue weighted by atomic mass is 32.1. The van der Waals surface area contributed by atoms with Gasteiger partial charge in [0.1, 0.15) is 5.82 Å². The monoisotopic (exact) mass is 282 g/mol. The molecule has 1 aromatic heterocycles. The van der Waals surface area contributed by atoms with Gasteiger partial charge in [-0.25, -0.2) is 4.98 Å². The van der Waals surface area contributed by atoms with Crippen molar-refractivity contribution in [3.8, 4) is 0 Å². The van der Waals surface area contributed by atoms with Crippen molar-refractivity contribution >= 4 is 22.6 Å². The molecule has 0 radical (unpaired) electrons. The first-order valence-corrected chi connectivity index (χ1v) is 7.41. The number of methoxy groups -OCH3 is 1. The smallest absolute Gasteiger partial charge is 0.319 e. The predicted octanol–water partition coefficient (Wildman–Crippen LogP) is 0.710. The number of nitrogens with zero attached hydrogens (tertiary/aromatic N) is 4. The van der Waals surface area contributed by atoms with Gasteiger partial charge in [-0.3, -0.25) is 9.69 Å². The van der Waals surface area contributed by atoms with Crippen LogP contribution in [0.25, 0.3) is 0 Å². The average molecular weight is 282 g/mol. The number of aromatic nitrogens is 2. The standard InChI is InChI=1S/C12H18N4O2S/c1-18-10(17)8-15-4-6-16(7-5-15)12-13-11(14-19-12)9-2-3-9/h9H,2-8H2,1H3. The van der Waals surface area contributed by atoms with Crippen LogP contribution in [0.1, 0.15) is 24.6 Å². The molecule has 1 aliphatic carbocycles. The van der Waals surface area contributed by atoms with Crippen molar-refractivity contribution in [1.82, 2.24) is 14.3 Å². The summed E-state index contributed by atoms with van der Waals surface area (Å²) in [5, 5.41) is 1.03. The van der Waals surface area contributed by atoms with E-state index in [1.54, 1.807) is 0 Å². The van der Waals surface area contributed by atoms with Crippen LogP contribution in [0.4, 0.5) is 5.13 Å². The van der Waals surface area contributed by atoms with Gasteiger partial charge in [0.05, 0.1) is 13.7 Å². The third-order valence-electron chi connectivity index (χ3n) is 3.60. The molecule has 19 heavy (non-hydrogen) atoms. The molecule has 3 rings (SSSR count). The van der Waals surface area contributed by atoms with Gasteiger partial charge in [0.15, 0.2) is 0 Å². The summed E-state index contributed by atoms with van der Waals surface area (Å²) < 4.78 is 9.12. The lowest BCUT2D eigenvalue weighted by molar-refractivity contribution is -0.142. The highest BCUT2D eigenvalue weighted by Crippen LogP contribution is 2.39. The second kappa shape index (κ2) is 5.42. The van der Waals surface area contributed by atoms with Crippen LogP contribution in [0.15, 0.2) is 0 Å². The molecule has 0 spiro atoms. The van der Waals surface area contributed by atoms with Crippen LogP contribution >= 0.6 is 11.5 Å². The van der Waals surface area contributed by atoms with Crippen molar-refractivity contribution in [2.45, 2.75) is 18.8 Å². The van der Waals surface area contributed by atoms with E-state index < -0.39 is 0 Å². The Labute approximate surface area is 116 Å². The van der Waals surface area contributed by atoms with Gasteiger partial charge >= 0.3 is 5.97 Å². The van der Waals surface area contributed by atoms with Crippen LogP contribution in [-0.2, 0) is 9.53 Å². The topological polar surface area (TPSA) is 58.6 Å². The van der Waals surface area contributed by atoms with Crippen molar-refractivity contribution in [3.05, 3.63) is 5.82 Å². The van der Waals surface area contributed by atoms with Crippen LogP contribution in [0.3, 0.4) is 0 Å². The van der Waals surface area contributed by atoms with E-state index >= 15 is 0 Å². The maximum atomic E-state index is 11.2. The molecule has 2 heterocycles. The number of hydrogen-bond acceptors (Lipinski definition) is 7. The Bertz CT molecular complexity index is 452. The first-order valence-electron chi connectivity index (χ1n) is 6.64. The number of rotatable bonds is 4. The maximum Gasteiger partial charge on any atom is 0.319 e. The van der Waals surface area contributed by atoms with E-state index in [2.05, 4.69) is 23.9 Å². The lowest BCUT2D eigenvalue weighted by Gasteiger charge is -2.33. The molecule has 1 saturated carbocycles.